The zero-order valence-corrected chi connectivity index (χ0v) is 13.0. The second-order valence-electron chi connectivity index (χ2n) is 4.41. The molecule has 20 heavy (non-hydrogen) atoms. The van der Waals surface area contributed by atoms with Crippen molar-refractivity contribution in [2.45, 2.75) is 36.4 Å². The van der Waals surface area contributed by atoms with Gasteiger partial charge in [-0.2, -0.15) is 5.10 Å². The van der Waals surface area contributed by atoms with Crippen LogP contribution in [-0.2, 0) is 4.79 Å². The molecule has 9 heteroatoms. The van der Waals surface area contributed by atoms with E-state index in [0.717, 1.165) is 0 Å². The van der Waals surface area contributed by atoms with Crippen LogP contribution in [0, 0.1) is 0 Å². The van der Waals surface area contributed by atoms with E-state index in [2.05, 4.69) is 20.6 Å². The molecular formula is C11H16N6OS2. The largest absolute Gasteiger partial charge is 0.374 e. The molecule has 2 heterocycles. The molecule has 0 saturated heterocycles. The standard InChI is InChI=1S/C11H16N6OS2/c1-6(2)17-8(4-5-13-17)14-9(18)7(3)19-11-16-15-10(12)20-11/h4-7H,1-3H3,(H2,12,15)(H,14,18)/t7-/m1/s1. The third-order valence-corrected chi connectivity index (χ3v) is 4.42. The highest BCUT2D eigenvalue weighted by Crippen LogP contribution is 2.28. The van der Waals surface area contributed by atoms with Crippen LogP contribution in [0.4, 0.5) is 10.9 Å². The Morgan fingerprint density at radius 2 is 2.20 bits per heavy atom. The normalized spacial score (nSPS) is 12.6. The van der Waals surface area contributed by atoms with E-state index < -0.39 is 0 Å². The first-order valence-electron chi connectivity index (χ1n) is 6.07. The summed E-state index contributed by atoms with van der Waals surface area (Å²) in [4.78, 5) is 12.1. The van der Waals surface area contributed by atoms with Crippen molar-refractivity contribution in [3.8, 4) is 0 Å². The topological polar surface area (TPSA) is 98.7 Å². The number of carbonyl (C=O) groups excluding carboxylic acids is 1. The molecule has 1 amide bonds. The summed E-state index contributed by atoms with van der Waals surface area (Å²) in [5.41, 5.74) is 5.51. The zero-order valence-electron chi connectivity index (χ0n) is 11.4. The van der Waals surface area contributed by atoms with E-state index in [4.69, 9.17) is 5.73 Å². The monoisotopic (exact) mass is 312 g/mol. The van der Waals surface area contributed by atoms with Crippen molar-refractivity contribution in [2.24, 2.45) is 0 Å². The van der Waals surface area contributed by atoms with Gasteiger partial charge in [-0.25, -0.2) is 4.68 Å². The SMILES string of the molecule is CC(C)n1nccc1NC(=O)[C@@H](C)Sc1nnc(N)s1. The molecule has 0 aromatic carbocycles. The Hall–Kier alpha value is -1.61. The molecule has 0 fully saturated rings. The van der Waals surface area contributed by atoms with Crippen molar-refractivity contribution in [1.82, 2.24) is 20.0 Å². The van der Waals surface area contributed by atoms with Gasteiger partial charge in [-0.3, -0.25) is 4.79 Å². The van der Waals surface area contributed by atoms with Crippen LogP contribution < -0.4 is 11.1 Å². The van der Waals surface area contributed by atoms with E-state index in [1.54, 1.807) is 16.9 Å². The van der Waals surface area contributed by atoms with Gasteiger partial charge in [0.15, 0.2) is 4.34 Å². The fourth-order valence-corrected chi connectivity index (χ4v) is 3.31. The van der Waals surface area contributed by atoms with Crippen LogP contribution in [0.1, 0.15) is 26.8 Å². The number of aromatic nitrogens is 4. The molecule has 0 saturated carbocycles. The van der Waals surface area contributed by atoms with Gasteiger partial charge >= 0.3 is 0 Å². The smallest absolute Gasteiger partial charge is 0.238 e. The minimum atomic E-state index is -0.294. The van der Waals surface area contributed by atoms with Crippen LogP contribution in [0.3, 0.4) is 0 Å². The Labute approximate surface area is 125 Å². The number of hydrogen-bond donors (Lipinski definition) is 2. The Kier molecular flexibility index (Phi) is 4.61. The van der Waals surface area contributed by atoms with E-state index in [1.807, 2.05) is 20.8 Å². The lowest BCUT2D eigenvalue weighted by Crippen LogP contribution is -2.24. The number of nitrogens with zero attached hydrogens (tertiary/aromatic N) is 4. The van der Waals surface area contributed by atoms with Crippen LogP contribution in [0.15, 0.2) is 16.6 Å². The number of nitrogens with two attached hydrogens (primary N) is 1. The Bertz CT molecular complexity index is 593. The lowest BCUT2D eigenvalue weighted by atomic mass is 10.4. The highest BCUT2D eigenvalue weighted by molar-refractivity contribution is 8.02. The molecule has 7 nitrogen and oxygen atoms in total. The van der Waals surface area contributed by atoms with Crippen molar-refractivity contribution in [3.05, 3.63) is 12.3 Å². The summed E-state index contributed by atoms with van der Waals surface area (Å²) in [6, 6.07) is 1.96. The van der Waals surface area contributed by atoms with E-state index in [1.165, 1.54) is 23.1 Å². The van der Waals surface area contributed by atoms with Crippen LogP contribution in [0.25, 0.3) is 0 Å². The van der Waals surface area contributed by atoms with Crippen LogP contribution >= 0.6 is 23.1 Å². The number of nitrogens with one attached hydrogen (secondary N) is 1. The van der Waals surface area contributed by atoms with E-state index in [0.29, 0.717) is 15.3 Å². The first-order valence-corrected chi connectivity index (χ1v) is 7.77. The summed E-state index contributed by atoms with van der Waals surface area (Å²) < 4.78 is 2.45. The number of nitrogen functional groups attached to an aromatic ring is 1. The molecular weight excluding hydrogens is 296 g/mol. The first kappa shape index (κ1) is 14.8. The average Bonchev–Trinajstić information content (AvgIpc) is 2.98. The molecule has 0 spiro atoms. The van der Waals surface area contributed by atoms with Gasteiger partial charge in [0.05, 0.1) is 11.4 Å². The van der Waals surface area contributed by atoms with Crippen LogP contribution in [0.2, 0.25) is 0 Å². The minimum absolute atomic E-state index is 0.105. The Balaban J connectivity index is 1.99. The summed E-state index contributed by atoms with van der Waals surface area (Å²) in [5, 5.41) is 14.8. The van der Waals surface area contributed by atoms with E-state index in [9.17, 15) is 4.79 Å². The zero-order chi connectivity index (χ0) is 14.7. The van der Waals surface area contributed by atoms with Gasteiger partial charge in [-0.1, -0.05) is 23.1 Å². The molecule has 0 aliphatic heterocycles. The molecule has 2 aromatic rings. The van der Waals surface area contributed by atoms with Crippen molar-refractivity contribution in [2.75, 3.05) is 11.1 Å². The molecule has 0 aliphatic rings. The van der Waals surface area contributed by atoms with Crippen LogP contribution in [0.5, 0.6) is 0 Å². The lowest BCUT2D eigenvalue weighted by Gasteiger charge is -2.14. The number of amides is 1. The van der Waals surface area contributed by atoms with Crippen molar-refractivity contribution < 1.29 is 4.79 Å². The van der Waals surface area contributed by atoms with Gasteiger partial charge in [0, 0.05) is 12.1 Å². The Morgan fingerprint density at radius 1 is 1.45 bits per heavy atom. The summed E-state index contributed by atoms with van der Waals surface area (Å²) in [7, 11) is 0. The maximum absolute atomic E-state index is 12.1. The van der Waals surface area contributed by atoms with E-state index in [-0.39, 0.29) is 17.2 Å². The Morgan fingerprint density at radius 3 is 2.80 bits per heavy atom. The van der Waals surface area contributed by atoms with Crippen molar-refractivity contribution in [3.63, 3.8) is 0 Å². The molecule has 0 aliphatic carbocycles. The van der Waals surface area contributed by atoms with Gasteiger partial charge in [0.25, 0.3) is 0 Å². The highest BCUT2D eigenvalue weighted by atomic mass is 32.2. The third kappa shape index (κ3) is 3.48. The molecule has 0 bridgehead atoms. The number of anilines is 2. The maximum atomic E-state index is 12.1. The van der Waals surface area contributed by atoms with Crippen molar-refractivity contribution in [1.29, 1.82) is 0 Å². The second-order valence-corrected chi connectivity index (χ2v) is 7.01. The average molecular weight is 312 g/mol. The summed E-state index contributed by atoms with van der Waals surface area (Å²) in [6.45, 7) is 5.82. The van der Waals surface area contributed by atoms with Gasteiger partial charge in [-0.15, -0.1) is 10.2 Å². The predicted octanol–water partition coefficient (Wildman–Crippen LogP) is 2.02. The molecule has 108 valence electrons. The van der Waals surface area contributed by atoms with Crippen molar-refractivity contribution >= 4 is 40.0 Å². The predicted molar refractivity (Wildman–Crippen MR) is 80.9 cm³/mol. The fourth-order valence-electron chi connectivity index (χ4n) is 1.53. The highest BCUT2D eigenvalue weighted by Gasteiger charge is 2.18. The number of carbonyl (C=O) groups is 1. The van der Waals surface area contributed by atoms with Gasteiger partial charge in [-0.05, 0) is 20.8 Å². The lowest BCUT2D eigenvalue weighted by molar-refractivity contribution is -0.115. The number of rotatable bonds is 5. The second kappa shape index (κ2) is 6.23. The first-order chi connectivity index (χ1) is 9.47. The summed E-state index contributed by atoms with van der Waals surface area (Å²) in [5.74, 6) is 0.584. The van der Waals surface area contributed by atoms with Gasteiger partial charge < -0.3 is 11.1 Å². The summed E-state index contributed by atoms with van der Waals surface area (Å²) in [6.07, 6.45) is 1.67. The number of hydrogen-bond acceptors (Lipinski definition) is 7. The van der Waals surface area contributed by atoms with E-state index >= 15 is 0 Å². The third-order valence-electron chi connectivity index (χ3n) is 2.48. The maximum Gasteiger partial charge on any atom is 0.238 e. The molecule has 3 N–H and O–H groups in total. The molecule has 0 radical (unpaired) electrons. The van der Waals surface area contributed by atoms with Gasteiger partial charge in [0.2, 0.25) is 11.0 Å². The quantitative estimate of drug-likeness (QED) is 0.819. The van der Waals surface area contributed by atoms with Gasteiger partial charge in [0.1, 0.15) is 5.82 Å². The molecule has 2 aromatic heterocycles. The molecule has 0 unspecified atom stereocenters. The fraction of sp³-hybridized carbons (Fsp3) is 0.455. The molecule has 2 rings (SSSR count). The molecule has 1 atom stereocenters. The minimum Gasteiger partial charge on any atom is -0.374 e. The number of thioether (sulfide) groups is 1. The summed E-state index contributed by atoms with van der Waals surface area (Å²) >= 11 is 2.60. The van der Waals surface area contributed by atoms with Crippen LogP contribution in [-0.4, -0.2) is 31.1 Å².